The van der Waals surface area contributed by atoms with Crippen LogP contribution in [0.25, 0.3) is 0 Å². The van der Waals surface area contributed by atoms with Crippen molar-refractivity contribution in [2.24, 2.45) is 5.92 Å². The van der Waals surface area contributed by atoms with Crippen LogP contribution in [0, 0.1) is 11.3 Å². The van der Waals surface area contributed by atoms with Crippen molar-refractivity contribution in [3.05, 3.63) is 137 Å². The van der Waals surface area contributed by atoms with Crippen molar-refractivity contribution in [3.8, 4) is 5.75 Å². The molecule has 6 heteroatoms. The van der Waals surface area contributed by atoms with Crippen molar-refractivity contribution in [3.63, 3.8) is 0 Å². The lowest BCUT2D eigenvalue weighted by Crippen LogP contribution is -2.44. The standard InChI is InChI=1S/C32H29N3O3/c1-38-27-17-9-11-23(19-27)21-34-31(37)24-12-8-10-22(18-24)20-28-29(36)32(35-30(28)33,25-13-4-2-5-14-25)26-15-6-3-7-16-26/h2-19,28H,20-21H2,1H3,(H2,33,35)(H,34,37). The van der Waals surface area contributed by atoms with Crippen molar-refractivity contribution in [1.82, 2.24) is 10.6 Å². The smallest absolute Gasteiger partial charge is 0.251 e. The maximum Gasteiger partial charge on any atom is 0.251 e. The average molecular weight is 504 g/mol. The highest BCUT2D eigenvalue weighted by atomic mass is 16.5. The molecular weight excluding hydrogens is 474 g/mol. The van der Waals surface area contributed by atoms with Gasteiger partial charge in [0.1, 0.15) is 17.1 Å². The highest BCUT2D eigenvalue weighted by Crippen LogP contribution is 2.38. The van der Waals surface area contributed by atoms with Crippen LogP contribution in [0.1, 0.15) is 32.6 Å². The summed E-state index contributed by atoms with van der Waals surface area (Å²) in [5, 5.41) is 14.9. The van der Waals surface area contributed by atoms with Gasteiger partial charge in [-0.1, -0.05) is 84.9 Å². The molecule has 0 bridgehead atoms. The summed E-state index contributed by atoms with van der Waals surface area (Å²) in [6.45, 7) is 0.368. The number of amidine groups is 1. The van der Waals surface area contributed by atoms with Gasteiger partial charge in [0.25, 0.3) is 5.91 Å². The molecule has 1 fully saturated rings. The number of ketones is 1. The Kier molecular flexibility index (Phi) is 7.05. The summed E-state index contributed by atoms with van der Waals surface area (Å²) < 4.78 is 5.25. The van der Waals surface area contributed by atoms with Crippen molar-refractivity contribution in [2.75, 3.05) is 7.11 Å². The van der Waals surface area contributed by atoms with E-state index in [4.69, 9.17) is 10.1 Å². The van der Waals surface area contributed by atoms with Crippen LogP contribution in [0.3, 0.4) is 0 Å². The lowest BCUT2D eigenvalue weighted by atomic mass is 9.77. The summed E-state index contributed by atoms with van der Waals surface area (Å²) in [7, 11) is 1.61. The molecule has 3 N–H and O–H groups in total. The minimum Gasteiger partial charge on any atom is -0.497 e. The van der Waals surface area contributed by atoms with E-state index in [0.29, 0.717) is 18.5 Å². The third-order valence-corrected chi connectivity index (χ3v) is 6.99. The molecule has 1 aliphatic rings. The van der Waals surface area contributed by atoms with Gasteiger partial charge in [-0.25, -0.2) is 0 Å². The number of ether oxygens (including phenoxy) is 1. The van der Waals surface area contributed by atoms with Gasteiger partial charge in [0.05, 0.1) is 13.0 Å². The summed E-state index contributed by atoms with van der Waals surface area (Å²) in [5.41, 5.74) is 2.73. The quantitative estimate of drug-likeness (QED) is 0.320. The fraction of sp³-hybridized carbons (Fsp3) is 0.156. The van der Waals surface area contributed by atoms with Crippen LogP contribution in [0.4, 0.5) is 0 Å². The fourth-order valence-electron chi connectivity index (χ4n) is 5.05. The molecule has 190 valence electrons. The Morgan fingerprint density at radius 2 is 1.50 bits per heavy atom. The Balaban J connectivity index is 1.36. The first-order chi connectivity index (χ1) is 18.5. The Morgan fingerprint density at radius 3 is 2.16 bits per heavy atom. The van der Waals surface area contributed by atoms with Crippen LogP contribution < -0.4 is 15.4 Å². The van der Waals surface area contributed by atoms with E-state index in [-0.39, 0.29) is 17.5 Å². The molecule has 0 saturated carbocycles. The van der Waals surface area contributed by atoms with Crippen LogP contribution in [-0.2, 0) is 23.3 Å². The minimum atomic E-state index is -1.13. The van der Waals surface area contributed by atoms with Crippen LogP contribution >= 0.6 is 0 Å². The first-order valence-corrected chi connectivity index (χ1v) is 12.5. The maximum atomic E-state index is 14.1. The van der Waals surface area contributed by atoms with Gasteiger partial charge in [0.15, 0.2) is 5.78 Å². The maximum absolute atomic E-state index is 14.1. The highest BCUT2D eigenvalue weighted by Gasteiger charge is 2.52. The van der Waals surface area contributed by atoms with Crippen molar-refractivity contribution in [2.45, 2.75) is 18.5 Å². The average Bonchev–Trinajstić information content (AvgIpc) is 3.22. The van der Waals surface area contributed by atoms with Gasteiger partial charge in [-0.15, -0.1) is 0 Å². The number of hydrogen-bond donors (Lipinski definition) is 3. The molecule has 1 amide bonds. The van der Waals surface area contributed by atoms with Gasteiger partial charge in [-0.05, 0) is 52.9 Å². The summed E-state index contributed by atoms with van der Waals surface area (Å²) in [5.74, 6) is -0.0319. The fourth-order valence-corrected chi connectivity index (χ4v) is 5.05. The van der Waals surface area contributed by atoms with E-state index in [1.165, 1.54) is 0 Å². The van der Waals surface area contributed by atoms with E-state index < -0.39 is 11.5 Å². The van der Waals surface area contributed by atoms with Crippen molar-refractivity contribution < 1.29 is 14.3 Å². The first-order valence-electron chi connectivity index (χ1n) is 12.5. The molecule has 6 nitrogen and oxygen atoms in total. The summed E-state index contributed by atoms with van der Waals surface area (Å²) in [6, 6.07) is 33.9. The highest BCUT2D eigenvalue weighted by molar-refractivity contribution is 6.16. The zero-order valence-corrected chi connectivity index (χ0v) is 21.1. The van der Waals surface area contributed by atoms with E-state index in [0.717, 1.165) is 28.0 Å². The molecular formula is C32H29N3O3. The van der Waals surface area contributed by atoms with Crippen LogP contribution in [0.5, 0.6) is 5.75 Å². The van der Waals surface area contributed by atoms with Crippen molar-refractivity contribution in [1.29, 1.82) is 5.41 Å². The molecule has 0 aliphatic carbocycles. The van der Waals surface area contributed by atoms with Crippen LogP contribution in [0.2, 0.25) is 0 Å². The number of methoxy groups -OCH3 is 1. The topological polar surface area (TPSA) is 91.3 Å². The van der Waals surface area contributed by atoms with E-state index in [1.807, 2.05) is 97.1 Å². The van der Waals surface area contributed by atoms with Crippen LogP contribution in [-0.4, -0.2) is 24.6 Å². The molecule has 1 heterocycles. The van der Waals surface area contributed by atoms with Gasteiger partial charge in [-0.3, -0.25) is 15.0 Å². The molecule has 0 spiro atoms. The molecule has 4 aromatic carbocycles. The molecule has 38 heavy (non-hydrogen) atoms. The van der Waals surface area contributed by atoms with Gasteiger partial charge in [0.2, 0.25) is 0 Å². The molecule has 1 saturated heterocycles. The van der Waals surface area contributed by atoms with E-state index in [9.17, 15) is 9.59 Å². The molecule has 0 radical (unpaired) electrons. The van der Waals surface area contributed by atoms with Gasteiger partial charge in [-0.2, -0.15) is 0 Å². The predicted octanol–water partition coefficient (Wildman–Crippen LogP) is 4.88. The largest absolute Gasteiger partial charge is 0.497 e. The Morgan fingerprint density at radius 1 is 0.868 bits per heavy atom. The SMILES string of the molecule is COc1cccc(CNC(=O)c2cccc(CC3C(=N)NC(c4ccccc4)(c4ccccc4)C3=O)c2)c1. The van der Waals surface area contributed by atoms with Crippen LogP contribution in [0.15, 0.2) is 109 Å². The Hall–Kier alpha value is -4.71. The lowest BCUT2D eigenvalue weighted by Gasteiger charge is -2.29. The second-order valence-corrected chi connectivity index (χ2v) is 9.38. The first kappa shape index (κ1) is 25.0. The zero-order chi connectivity index (χ0) is 26.5. The van der Waals surface area contributed by atoms with Crippen molar-refractivity contribution >= 4 is 17.5 Å². The monoisotopic (exact) mass is 503 g/mol. The third-order valence-electron chi connectivity index (χ3n) is 6.99. The van der Waals surface area contributed by atoms with Gasteiger partial charge >= 0.3 is 0 Å². The number of carbonyl (C=O) groups excluding carboxylic acids is 2. The Labute approximate surface area is 222 Å². The minimum absolute atomic E-state index is 0.0761. The zero-order valence-electron chi connectivity index (χ0n) is 21.1. The van der Waals surface area contributed by atoms with E-state index in [2.05, 4.69) is 10.6 Å². The number of carbonyl (C=O) groups is 2. The second-order valence-electron chi connectivity index (χ2n) is 9.38. The van der Waals surface area contributed by atoms with E-state index >= 15 is 0 Å². The second kappa shape index (κ2) is 10.7. The number of amides is 1. The van der Waals surface area contributed by atoms with E-state index in [1.54, 1.807) is 19.2 Å². The Bertz CT molecular complexity index is 1430. The number of rotatable bonds is 8. The van der Waals surface area contributed by atoms with Gasteiger partial charge in [0, 0.05) is 12.1 Å². The number of Topliss-reactive ketones (excluding diaryl/α,β-unsaturated/α-hetero) is 1. The molecule has 4 aromatic rings. The molecule has 1 unspecified atom stereocenters. The lowest BCUT2D eigenvalue weighted by molar-refractivity contribution is -0.124. The molecule has 1 atom stereocenters. The third kappa shape index (κ3) is 4.81. The summed E-state index contributed by atoms with van der Waals surface area (Å²) in [4.78, 5) is 27.0. The normalized spacial score (nSPS) is 16.1. The number of hydrogen-bond acceptors (Lipinski definition) is 4. The predicted molar refractivity (Wildman–Crippen MR) is 147 cm³/mol. The van der Waals surface area contributed by atoms with Gasteiger partial charge < -0.3 is 15.4 Å². The summed E-state index contributed by atoms with van der Waals surface area (Å²) in [6.07, 6.45) is 0.323. The molecule has 0 aromatic heterocycles. The number of benzene rings is 4. The summed E-state index contributed by atoms with van der Waals surface area (Å²) >= 11 is 0. The molecule has 1 aliphatic heterocycles. The number of nitrogens with one attached hydrogen (secondary N) is 3. The molecule has 5 rings (SSSR count).